The van der Waals surface area contributed by atoms with Crippen molar-refractivity contribution in [2.75, 3.05) is 14.1 Å². The molecular weight excluding hydrogens is 364 g/mol. The van der Waals surface area contributed by atoms with E-state index in [2.05, 4.69) is 38.2 Å². The minimum Gasteiger partial charge on any atom is -0.444 e. The van der Waals surface area contributed by atoms with Crippen LogP contribution in [0, 0.1) is 0 Å². The summed E-state index contributed by atoms with van der Waals surface area (Å²) in [6.07, 6.45) is 2.77. The third-order valence-electron chi connectivity index (χ3n) is 5.06. The van der Waals surface area contributed by atoms with Crippen molar-refractivity contribution in [3.8, 4) is 0 Å². The fourth-order valence-electron chi connectivity index (χ4n) is 3.64. The standard InChI is InChI=1S/C24H36N2O3/c1-22(2,3)18-10-9-11-19(14-18)24(25-21(28)29-23(4,5)6)13-12-20(27)17(15-24)16-26(7)8/h9-11,14,16H,12-13,15H2,1-8H3,(H,25,28)/b17-16+. The van der Waals surface area contributed by atoms with E-state index in [-0.39, 0.29) is 11.2 Å². The zero-order valence-electron chi connectivity index (χ0n) is 19.2. The maximum atomic E-state index is 12.7. The SMILES string of the molecule is CN(C)/C=C1\CC(NC(=O)OC(C)(C)C)(c2cccc(C(C)(C)C)c2)CCC1=O. The normalized spacial score (nSPS) is 21.8. The summed E-state index contributed by atoms with van der Waals surface area (Å²) in [6.45, 7) is 12.1. The zero-order valence-corrected chi connectivity index (χ0v) is 19.2. The van der Waals surface area contributed by atoms with Crippen LogP contribution in [0.4, 0.5) is 4.79 Å². The number of carbonyl (C=O) groups is 2. The van der Waals surface area contributed by atoms with E-state index in [1.165, 1.54) is 5.56 Å². The molecule has 0 saturated heterocycles. The molecule has 160 valence electrons. The number of Topliss-reactive ketones (excluding diaryl/α,β-unsaturated/α-hetero) is 1. The van der Waals surface area contributed by atoms with Crippen molar-refractivity contribution in [3.05, 3.63) is 47.2 Å². The van der Waals surface area contributed by atoms with Gasteiger partial charge in [0.1, 0.15) is 5.60 Å². The van der Waals surface area contributed by atoms with Gasteiger partial charge in [0.05, 0.1) is 5.54 Å². The van der Waals surface area contributed by atoms with E-state index in [0.29, 0.717) is 19.3 Å². The Balaban J connectivity index is 2.52. The minimum atomic E-state index is -0.681. The van der Waals surface area contributed by atoms with Crippen LogP contribution in [0.15, 0.2) is 36.0 Å². The molecule has 5 nitrogen and oxygen atoms in total. The van der Waals surface area contributed by atoms with Crippen LogP contribution in [0.25, 0.3) is 0 Å². The van der Waals surface area contributed by atoms with E-state index in [0.717, 1.165) is 11.1 Å². The second kappa shape index (κ2) is 8.21. The number of nitrogens with one attached hydrogen (secondary N) is 1. The molecule has 29 heavy (non-hydrogen) atoms. The van der Waals surface area contributed by atoms with Crippen molar-refractivity contribution < 1.29 is 14.3 Å². The lowest BCUT2D eigenvalue weighted by molar-refractivity contribution is -0.117. The molecule has 1 aromatic carbocycles. The second-order valence-electron chi connectivity index (χ2n) is 10.3. The Morgan fingerprint density at radius 3 is 2.38 bits per heavy atom. The van der Waals surface area contributed by atoms with E-state index in [9.17, 15) is 9.59 Å². The van der Waals surface area contributed by atoms with E-state index in [1.54, 1.807) is 0 Å². The Kier molecular flexibility index (Phi) is 6.51. The average molecular weight is 401 g/mol. The molecule has 0 bridgehead atoms. The van der Waals surface area contributed by atoms with E-state index >= 15 is 0 Å². The lowest BCUT2D eigenvalue weighted by Gasteiger charge is -2.40. The van der Waals surface area contributed by atoms with Gasteiger partial charge in [-0.2, -0.15) is 0 Å². The lowest BCUT2D eigenvalue weighted by atomic mass is 9.72. The van der Waals surface area contributed by atoms with Crippen LogP contribution in [-0.4, -0.2) is 36.5 Å². The van der Waals surface area contributed by atoms with Crippen molar-refractivity contribution in [1.82, 2.24) is 10.2 Å². The number of alkyl carbamates (subject to hydrolysis) is 1. The van der Waals surface area contributed by atoms with Gasteiger partial charge in [-0.05, 0) is 43.7 Å². The molecule has 0 spiro atoms. The van der Waals surface area contributed by atoms with Gasteiger partial charge in [-0.3, -0.25) is 4.79 Å². The first-order valence-corrected chi connectivity index (χ1v) is 10.2. The Hall–Kier alpha value is -2.30. The number of ketones is 1. The van der Waals surface area contributed by atoms with Crippen LogP contribution < -0.4 is 5.32 Å². The van der Waals surface area contributed by atoms with E-state index < -0.39 is 17.2 Å². The van der Waals surface area contributed by atoms with Crippen molar-refractivity contribution in [2.24, 2.45) is 0 Å². The summed E-state index contributed by atoms with van der Waals surface area (Å²) in [6, 6.07) is 8.32. The Labute approximate surface area is 175 Å². The first-order chi connectivity index (χ1) is 13.2. The smallest absolute Gasteiger partial charge is 0.408 e. The molecule has 1 atom stereocenters. The molecular formula is C24H36N2O3. The molecule has 1 aliphatic carbocycles. The molecule has 1 aromatic rings. The zero-order chi connectivity index (χ0) is 22.0. The number of rotatable bonds is 3. The molecule has 0 heterocycles. The largest absolute Gasteiger partial charge is 0.444 e. The number of carbonyl (C=O) groups excluding carboxylic acids is 2. The topological polar surface area (TPSA) is 58.6 Å². The van der Waals surface area contributed by atoms with Crippen molar-refractivity contribution in [2.45, 2.75) is 77.4 Å². The Morgan fingerprint density at radius 2 is 1.83 bits per heavy atom. The number of ether oxygens (including phenoxy) is 1. The number of amides is 1. The maximum absolute atomic E-state index is 12.7. The van der Waals surface area contributed by atoms with Crippen LogP contribution in [0.2, 0.25) is 0 Å². The van der Waals surface area contributed by atoms with Gasteiger partial charge in [0.2, 0.25) is 0 Å². The fourth-order valence-corrected chi connectivity index (χ4v) is 3.64. The highest BCUT2D eigenvalue weighted by molar-refractivity contribution is 5.96. The number of hydrogen-bond acceptors (Lipinski definition) is 4. The molecule has 1 amide bonds. The molecule has 1 aliphatic rings. The summed E-state index contributed by atoms with van der Waals surface area (Å²) in [5.41, 5.74) is 1.63. The first kappa shape index (κ1) is 23.0. The monoisotopic (exact) mass is 400 g/mol. The van der Waals surface area contributed by atoms with Gasteiger partial charge >= 0.3 is 6.09 Å². The summed E-state index contributed by atoms with van der Waals surface area (Å²) in [4.78, 5) is 27.2. The highest BCUT2D eigenvalue weighted by Crippen LogP contribution is 2.40. The molecule has 5 heteroatoms. The third-order valence-corrected chi connectivity index (χ3v) is 5.06. The molecule has 0 aliphatic heterocycles. The predicted octanol–water partition coefficient (Wildman–Crippen LogP) is 4.90. The van der Waals surface area contributed by atoms with Crippen molar-refractivity contribution in [3.63, 3.8) is 0 Å². The minimum absolute atomic E-state index is 0.0179. The average Bonchev–Trinajstić information content (AvgIpc) is 2.55. The van der Waals surface area contributed by atoms with Gasteiger partial charge in [0.15, 0.2) is 5.78 Å². The van der Waals surface area contributed by atoms with Crippen LogP contribution in [0.1, 0.15) is 71.9 Å². The molecule has 1 fully saturated rings. The number of hydrogen-bond donors (Lipinski definition) is 1. The number of benzene rings is 1. The van der Waals surface area contributed by atoms with Crippen LogP contribution >= 0.6 is 0 Å². The van der Waals surface area contributed by atoms with Gasteiger partial charge in [-0.1, -0.05) is 45.0 Å². The predicted molar refractivity (Wildman–Crippen MR) is 117 cm³/mol. The maximum Gasteiger partial charge on any atom is 0.408 e. The highest BCUT2D eigenvalue weighted by Gasteiger charge is 2.41. The summed E-state index contributed by atoms with van der Waals surface area (Å²) < 4.78 is 5.56. The first-order valence-electron chi connectivity index (χ1n) is 10.2. The molecule has 0 aromatic heterocycles. The van der Waals surface area contributed by atoms with Gasteiger partial charge < -0.3 is 15.0 Å². The van der Waals surface area contributed by atoms with Gasteiger partial charge in [-0.25, -0.2) is 4.79 Å². The second-order valence-corrected chi connectivity index (χ2v) is 10.3. The van der Waals surface area contributed by atoms with Crippen LogP contribution in [-0.2, 0) is 20.5 Å². The molecule has 1 unspecified atom stereocenters. The van der Waals surface area contributed by atoms with Crippen molar-refractivity contribution >= 4 is 11.9 Å². The van der Waals surface area contributed by atoms with Crippen molar-refractivity contribution in [1.29, 1.82) is 0 Å². The van der Waals surface area contributed by atoms with E-state index in [1.807, 2.05) is 58.1 Å². The lowest BCUT2D eigenvalue weighted by Crippen LogP contribution is -2.50. The molecule has 0 radical (unpaired) electrons. The molecule has 1 N–H and O–H groups in total. The quantitative estimate of drug-likeness (QED) is 0.733. The molecule has 1 saturated carbocycles. The van der Waals surface area contributed by atoms with Gasteiger partial charge in [0.25, 0.3) is 0 Å². The van der Waals surface area contributed by atoms with E-state index in [4.69, 9.17) is 4.74 Å². The Bertz CT molecular complexity index is 797. The fraction of sp³-hybridized carbons (Fsp3) is 0.583. The van der Waals surface area contributed by atoms with Crippen LogP contribution in [0.5, 0.6) is 0 Å². The summed E-state index contributed by atoms with van der Waals surface area (Å²) in [5.74, 6) is 0.132. The van der Waals surface area contributed by atoms with Gasteiger partial charge in [-0.15, -0.1) is 0 Å². The summed E-state index contributed by atoms with van der Waals surface area (Å²) in [7, 11) is 3.80. The summed E-state index contributed by atoms with van der Waals surface area (Å²) in [5, 5.41) is 3.13. The molecule has 2 rings (SSSR count). The Morgan fingerprint density at radius 1 is 1.17 bits per heavy atom. The summed E-state index contributed by atoms with van der Waals surface area (Å²) >= 11 is 0. The number of nitrogens with zero attached hydrogens (tertiary/aromatic N) is 1. The van der Waals surface area contributed by atoms with Gasteiger partial charge in [0, 0.05) is 38.7 Å². The highest BCUT2D eigenvalue weighted by atomic mass is 16.6. The van der Waals surface area contributed by atoms with Crippen LogP contribution in [0.3, 0.4) is 0 Å². The third kappa shape index (κ3) is 6.09.